The van der Waals surface area contributed by atoms with Crippen molar-refractivity contribution in [3.63, 3.8) is 0 Å². The topological polar surface area (TPSA) is 12.9 Å². The van der Waals surface area contributed by atoms with Gasteiger partial charge in [0.2, 0.25) is 5.95 Å². The van der Waals surface area contributed by atoms with E-state index in [9.17, 15) is 4.39 Å². The summed E-state index contributed by atoms with van der Waals surface area (Å²) in [5.41, 5.74) is 0.898. The Hall–Kier alpha value is -0.830. The molecule has 0 spiro atoms. The minimum Gasteiger partial charge on any atom is -0.228 e. The molecule has 1 fully saturated rings. The van der Waals surface area contributed by atoms with Crippen molar-refractivity contribution in [3.05, 3.63) is 35.9 Å². The van der Waals surface area contributed by atoms with Crippen molar-refractivity contribution in [2.75, 3.05) is 6.26 Å². The largest absolute Gasteiger partial charge is 0.228 e. The van der Waals surface area contributed by atoms with E-state index >= 15 is 0 Å². The van der Waals surface area contributed by atoms with Crippen molar-refractivity contribution in [1.82, 2.24) is 4.98 Å². The predicted octanol–water partition coefficient (Wildman–Crippen LogP) is 3.38. The van der Waals surface area contributed by atoms with Crippen LogP contribution < -0.4 is 0 Å². The smallest absolute Gasteiger partial charge is 0.213 e. The number of aromatic nitrogens is 1. The van der Waals surface area contributed by atoms with Crippen molar-refractivity contribution < 1.29 is 4.39 Å². The molecule has 0 atom stereocenters. The fraction of sp³-hybridized carbons (Fsp3) is 0.417. The Labute approximate surface area is 93.8 Å². The Balaban J connectivity index is 1.90. The van der Waals surface area contributed by atoms with Gasteiger partial charge in [0.15, 0.2) is 0 Å². The van der Waals surface area contributed by atoms with Crippen LogP contribution in [0.1, 0.15) is 18.4 Å². The first-order chi connectivity index (χ1) is 7.28. The summed E-state index contributed by atoms with van der Waals surface area (Å²) in [6, 6.07) is 3.28. The van der Waals surface area contributed by atoms with Crippen LogP contribution >= 0.6 is 11.8 Å². The van der Waals surface area contributed by atoms with E-state index in [0.29, 0.717) is 5.92 Å². The number of hydrogen-bond acceptors (Lipinski definition) is 2. The SMILES string of the molecule is CSC1CC(/C=C/c2ccnc(F)c2)C1. The molecule has 1 nitrogen and oxygen atoms in total. The minimum absolute atomic E-state index is 0.409. The van der Waals surface area contributed by atoms with Gasteiger partial charge >= 0.3 is 0 Å². The molecule has 15 heavy (non-hydrogen) atoms. The van der Waals surface area contributed by atoms with Crippen LogP contribution in [0.5, 0.6) is 0 Å². The van der Waals surface area contributed by atoms with Gasteiger partial charge in [0, 0.05) is 17.5 Å². The summed E-state index contributed by atoms with van der Waals surface area (Å²) in [6.07, 6.45) is 10.3. The van der Waals surface area contributed by atoms with Crippen molar-refractivity contribution >= 4 is 17.8 Å². The molecular weight excluding hydrogens is 209 g/mol. The van der Waals surface area contributed by atoms with Crippen molar-refractivity contribution in [2.45, 2.75) is 18.1 Å². The Kier molecular flexibility index (Phi) is 3.41. The van der Waals surface area contributed by atoms with E-state index in [1.54, 1.807) is 0 Å². The monoisotopic (exact) mass is 223 g/mol. The average molecular weight is 223 g/mol. The summed E-state index contributed by atoms with van der Waals surface area (Å²) < 4.78 is 12.8. The molecule has 0 aromatic carbocycles. The fourth-order valence-electron chi connectivity index (χ4n) is 1.72. The van der Waals surface area contributed by atoms with Gasteiger partial charge in [-0.15, -0.1) is 0 Å². The zero-order chi connectivity index (χ0) is 10.7. The second-order valence-electron chi connectivity index (χ2n) is 3.86. The number of halogens is 1. The lowest BCUT2D eigenvalue weighted by atomic mass is 9.84. The number of allylic oxidation sites excluding steroid dienone is 1. The second kappa shape index (κ2) is 4.79. The maximum Gasteiger partial charge on any atom is 0.213 e. The highest BCUT2D eigenvalue weighted by Gasteiger charge is 2.25. The number of hydrogen-bond donors (Lipinski definition) is 0. The Morgan fingerprint density at radius 3 is 3.00 bits per heavy atom. The lowest BCUT2D eigenvalue weighted by molar-refractivity contribution is 0.405. The summed E-state index contributed by atoms with van der Waals surface area (Å²) >= 11 is 1.94. The van der Waals surface area contributed by atoms with Gasteiger partial charge in [-0.25, -0.2) is 4.98 Å². The molecular formula is C12H14FNS. The fourth-order valence-corrected chi connectivity index (χ4v) is 2.60. The molecule has 3 heteroatoms. The highest BCUT2D eigenvalue weighted by molar-refractivity contribution is 7.99. The molecule has 0 saturated heterocycles. The first-order valence-corrected chi connectivity index (χ1v) is 6.39. The first-order valence-electron chi connectivity index (χ1n) is 5.10. The number of rotatable bonds is 3. The highest BCUT2D eigenvalue weighted by atomic mass is 32.2. The van der Waals surface area contributed by atoms with Crippen LogP contribution in [0.2, 0.25) is 0 Å². The summed E-state index contributed by atoms with van der Waals surface area (Å²) in [4.78, 5) is 3.52. The minimum atomic E-state index is -0.409. The van der Waals surface area contributed by atoms with E-state index in [2.05, 4.69) is 17.3 Å². The summed E-state index contributed by atoms with van der Waals surface area (Å²) in [7, 11) is 0. The lowest BCUT2D eigenvalue weighted by Crippen LogP contribution is -2.23. The molecule has 0 aliphatic heterocycles. The summed E-state index contributed by atoms with van der Waals surface area (Å²) in [5.74, 6) is 0.270. The van der Waals surface area contributed by atoms with E-state index < -0.39 is 5.95 Å². The maximum atomic E-state index is 12.8. The van der Waals surface area contributed by atoms with E-state index in [1.165, 1.54) is 25.1 Å². The molecule has 1 aromatic rings. The normalized spacial score (nSPS) is 25.5. The van der Waals surface area contributed by atoms with E-state index in [1.807, 2.05) is 23.9 Å². The zero-order valence-corrected chi connectivity index (χ0v) is 9.51. The Morgan fingerprint density at radius 2 is 2.33 bits per heavy atom. The van der Waals surface area contributed by atoms with Crippen LogP contribution in [-0.4, -0.2) is 16.5 Å². The highest BCUT2D eigenvalue weighted by Crippen LogP contribution is 2.36. The lowest BCUT2D eigenvalue weighted by Gasteiger charge is -2.31. The standard InChI is InChI=1S/C12H14FNS/c1-15-11-6-10(7-11)3-2-9-4-5-14-12(13)8-9/h2-5,8,10-11H,6-7H2,1H3/b3-2+. The molecule has 0 amide bonds. The third-order valence-corrected chi connectivity index (χ3v) is 3.83. The molecule has 0 bridgehead atoms. The van der Waals surface area contributed by atoms with Crippen LogP contribution in [0, 0.1) is 11.9 Å². The molecule has 0 N–H and O–H groups in total. The number of pyridine rings is 1. The van der Waals surface area contributed by atoms with E-state index in [4.69, 9.17) is 0 Å². The van der Waals surface area contributed by atoms with Gasteiger partial charge in [0.25, 0.3) is 0 Å². The predicted molar refractivity (Wildman–Crippen MR) is 63.3 cm³/mol. The molecule has 2 rings (SSSR count). The molecule has 1 saturated carbocycles. The average Bonchev–Trinajstić information content (AvgIpc) is 2.16. The van der Waals surface area contributed by atoms with Gasteiger partial charge in [-0.2, -0.15) is 16.2 Å². The van der Waals surface area contributed by atoms with E-state index in [-0.39, 0.29) is 0 Å². The van der Waals surface area contributed by atoms with Gasteiger partial charge < -0.3 is 0 Å². The van der Waals surface area contributed by atoms with Crippen molar-refractivity contribution in [1.29, 1.82) is 0 Å². The molecule has 1 aliphatic carbocycles. The number of nitrogens with zero attached hydrogens (tertiary/aromatic N) is 1. The van der Waals surface area contributed by atoms with Crippen LogP contribution in [-0.2, 0) is 0 Å². The molecule has 80 valence electrons. The van der Waals surface area contributed by atoms with Gasteiger partial charge in [-0.05, 0) is 36.6 Å². The quantitative estimate of drug-likeness (QED) is 0.729. The van der Waals surface area contributed by atoms with Crippen LogP contribution in [0.25, 0.3) is 6.08 Å². The van der Waals surface area contributed by atoms with Gasteiger partial charge in [0.05, 0.1) is 0 Å². The second-order valence-corrected chi connectivity index (χ2v) is 5.00. The van der Waals surface area contributed by atoms with Crippen LogP contribution in [0.15, 0.2) is 24.4 Å². The molecule has 1 aliphatic rings. The third-order valence-electron chi connectivity index (χ3n) is 2.78. The van der Waals surface area contributed by atoms with Gasteiger partial charge in [-0.3, -0.25) is 0 Å². The Morgan fingerprint density at radius 1 is 1.53 bits per heavy atom. The third kappa shape index (κ3) is 2.81. The Bertz CT molecular complexity index is 358. The summed E-state index contributed by atoms with van der Waals surface area (Å²) in [6.45, 7) is 0. The van der Waals surface area contributed by atoms with E-state index in [0.717, 1.165) is 10.8 Å². The molecule has 0 radical (unpaired) electrons. The zero-order valence-electron chi connectivity index (χ0n) is 8.69. The number of thioether (sulfide) groups is 1. The van der Waals surface area contributed by atoms with Gasteiger partial charge in [-0.1, -0.05) is 12.2 Å². The molecule has 1 aromatic heterocycles. The summed E-state index contributed by atoms with van der Waals surface area (Å²) in [5, 5.41) is 0.828. The van der Waals surface area contributed by atoms with Crippen LogP contribution in [0.4, 0.5) is 4.39 Å². The molecule has 0 unspecified atom stereocenters. The van der Waals surface area contributed by atoms with Crippen molar-refractivity contribution in [3.8, 4) is 0 Å². The van der Waals surface area contributed by atoms with Crippen LogP contribution in [0.3, 0.4) is 0 Å². The van der Waals surface area contributed by atoms with Gasteiger partial charge in [0.1, 0.15) is 0 Å². The van der Waals surface area contributed by atoms with Crippen molar-refractivity contribution in [2.24, 2.45) is 5.92 Å². The first kappa shape index (κ1) is 10.7. The molecule has 1 heterocycles. The maximum absolute atomic E-state index is 12.8.